The first-order chi connectivity index (χ1) is 10.8. The van der Waals surface area contributed by atoms with Gasteiger partial charge in [0.15, 0.2) is 5.75 Å². The van der Waals surface area contributed by atoms with Crippen LogP contribution in [0.2, 0.25) is 0 Å². The van der Waals surface area contributed by atoms with Gasteiger partial charge in [0.2, 0.25) is 5.43 Å². The number of carboxylic acid groups (broad SMARTS) is 1. The first-order valence-corrected chi connectivity index (χ1v) is 6.50. The molecular weight excluding hydrogens is 322 g/mol. The normalized spacial score (nSPS) is 20.0. The highest BCUT2D eigenvalue weighted by Crippen LogP contribution is 2.42. The molecule has 0 aliphatic heterocycles. The zero-order valence-corrected chi connectivity index (χ0v) is 11.3. The van der Waals surface area contributed by atoms with E-state index in [1.165, 1.54) is 0 Å². The van der Waals surface area contributed by atoms with Gasteiger partial charge < -0.3 is 14.4 Å². The van der Waals surface area contributed by atoms with Gasteiger partial charge in [-0.25, -0.2) is 13.6 Å². The first kappa shape index (κ1) is 15.3. The molecule has 1 aliphatic carbocycles. The molecule has 0 bridgehead atoms. The number of rotatable bonds is 4. The lowest BCUT2D eigenvalue weighted by molar-refractivity contribution is -0.0491. The number of carbonyl (C=O) groups is 1. The Morgan fingerprint density at radius 1 is 1.39 bits per heavy atom. The van der Waals surface area contributed by atoms with Gasteiger partial charge in [0, 0.05) is 18.7 Å². The molecule has 9 heteroatoms. The lowest BCUT2D eigenvalue weighted by atomic mass is 10.1. The Kier molecular flexibility index (Phi) is 3.50. The van der Waals surface area contributed by atoms with E-state index in [-0.39, 0.29) is 11.9 Å². The van der Waals surface area contributed by atoms with Crippen LogP contribution < -0.4 is 10.2 Å². The molecule has 5 nitrogen and oxygen atoms in total. The molecule has 2 atom stereocenters. The minimum absolute atomic E-state index is 0.0303. The number of pyridine rings is 1. The molecule has 1 fully saturated rings. The van der Waals surface area contributed by atoms with E-state index in [1.54, 1.807) is 0 Å². The maximum atomic E-state index is 13.6. The van der Waals surface area contributed by atoms with Gasteiger partial charge in [0.25, 0.3) is 0 Å². The fourth-order valence-electron chi connectivity index (χ4n) is 2.46. The van der Waals surface area contributed by atoms with Gasteiger partial charge in [0.05, 0.1) is 16.9 Å². The van der Waals surface area contributed by atoms with Gasteiger partial charge >= 0.3 is 12.6 Å². The third kappa shape index (κ3) is 2.62. The summed E-state index contributed by atoms with van der Waals surface area (Å²) in [6.45, 7) is -3.29. The Bertz CT molecular complexity index is 864. The van der Waals surface area contributed by atoms with Crippen molar-refractivity contribution < 1.29 is 32.2 Å². The molecule has 1 aromatic heterocycles. The number of ether oxygens (including phenoxy) is 1. The molecule has 3 rings (SSSR count). The molecule has 1 aromatic carbocycles. The SMILES string of the molecule is O=C(O)c1cn([C@@H]2C[C@H]2F)c2c(OC(F)F)cc(F)cc2c1=O. The van der Waals surface area contributed by atoms with Gasteiger partial charge in [-0.05, 0) is 6.07 Å². The van der Waals surface area contributed by atoms with Crippen molar-refractivity contribution in [2.75, 3.05) is 0 Å². The number of aromatic nitrogens is 1. The minimum atomic E-state index is -3.29. The van der Waals surface area contributed by atoms with Crippen LogP contribution in [0.4, 0.5) is 17.6 Å². The van der Waals surface area contributed by atoms with E-state index in [4.69, 9.17) is 5.11 Å². The van der Waals surface area contributed by atoms with Crippen molar-refractivity contribution in [3.05, 3.63) is 39.9 Å². The van der Waals surface area contributed by atoms with Gasteiger partial charge in [-0.1, -0.05) is 0 Å². The number of aromatic carboxylic acids is 1. The maximum absolute atomic E-state index is 13.6. The topological polar surface area (TPSA) is 68.5 Å². The molecule has 0 radical (unpaired) electrons. The van der Waals surface area contributed by atoms with Crippen molar-refractivity contribution in [1.82, 2.24) is 4.57 Å². The van der Waals surface area contributed by atoms with Crippen molar-refractivity contribution in [3.63, 3.8) is 0 Å². The average Bonchev–Trinajstić information content (AvgIpc) is 3.15. The highest BCUT2D eigenvalue weighted by Gasteiger charge is 2.40. The van der Waals surface area contributed by atoms with Crippen LogP contribution in [-0.2, 0) is 0 Å². The molecule has 122 valence electrons. The number of carboxylic acids is 1. The smallest absolute Gasteiger partial charge is 0.387 e. The second-order valence-electron chi connectivity index (χ2n) is 5.08. The molecule has 1 aliphatic rings. The summed E-state index contributed by atoms with van der Waals surface area (Å²) in [5.41, 5.74) is -2.02. The van der Waals surface area contributed by atoms with Gasteiger partial charge in [0.1, 0.15) is 17.6 Å². The van der Waals surface area contributed by atoms with E-state index in [0.717, 1.165) is 10.8 Å². The molecular formula is C14H9F4NO4. The number of halogens is 4. The Labute approximate surface area is 125 Å². The molecule has 1 N–H and O–H groups in total. The second kappa shape index (κ2) is 5.25. The predicted molar refractivity (Wildman–Crippen MR) is 70.3 cm³/mol. The lowest BCUT2D eigenvalue weighted by Gasteiger charge is -2.15. The summed E-state index contributed by atoms with van der Waals surface area (Å²) in [6, 6.07) is 0.538. The van der Waals surface area contributed by atoms with Crippen LogP contribution >= 0.6 is 0 Å². The second-order valence-corrected chi connectivity index (χ2v) is 5.08. The minimum Gasteiger partial charge on any atom is -0.477 e. The standard InChI is InChI=1S/C14H9F4NO4/c15-5-1-6-11(10(2-5)23-14(17)18)19(9-3-8(9)16)4-7(12(6)20)13(21)22/h1-2,4,8-9,14H,3H2,(H,21,22)/t8-,9-/m1/s1. The van der Waals surface area contributed by atoms with E-state index in [9.17, 15) is 27.2 Å². The summed E-state index contributed by atoms with van der Waals surface area (Å²) in [4.78, 5) is 23.3. The van der Waals surface area contributed by atoms with Crippen LogP contribution in [0.1, 0.15) is 22.8 Å². The summed E-state index contributed by atoms with van der Waals surface area (Å²) in [5.74, 6) is -3.28. The van der Waals surface area contributed by atoms with Crippen LogP contribution in [0, 0.1) is 5.82 Å². The fraction of sp³-hybridized carbons (Fsp3) is 0.286. The molecule has 0 amide bonds. The monoisotopic (exact) mass is 331 g/mol. The predicted octanol–water partition coefficient (Wildman–Crippen LogP) is 2.72. The van der Waals surface area contributed by atoms with Crippen molar-refractivity contribution in [3.8, 4) is 5.75 Å². The quantitative estimate of drug-likeness (QED) is 0.875. The van der Waals surface area contributed by atoms with Crippen molar-refractivity contribution in [2.24, 2.45) is 0 Å². The molecule has 23 heavy (non-hydrogen) atoms. The van der Waals surface area contributed by atoms with Crippen molar-refractivity contribution in [1.29, 1.82) is 0 Å². The largest absolute Gasteiger partial charge is 0.477 e. The Hall–Kier alpha value is -2.58. The van der Waals surface area contributed by atoms with Crippen LogP contribution in [0.15, 0.2) is 23.1 Å². The molecule has 0 spiro atoms. The van der Waals surface area contributed by atoms with Crippen LogP contribution in [-0.4, -0.2) is 28.4 Å². The van der Waals surface area contributed by atoms with E-state index >= 15 is 0 Å². The number of hydrogen-bond donors (Lipinski definition) is 1. The first-order valence-electron chi connectivity index (χ1n) is 6.50. The van der Waals surface area contributed by atoms with E-state index in [0.29, 0.717) is 12.1 Å². The molecule has 0 saturated heterocycles. The highest BCUT2D eigenvalue weighted by molar-refractivity contribution is 5.94. The van der Waals surface area contributed by atoms with E-state index < -0.39 is 52.7 Å². The van der Waals surface area contributed by atoms with Gasteiger partial charge in [-0.3, -0.25) is 4.79 Å². The molecule has 0 unspecified atom stereocenters. The Morgan fingerprint density at radius 3 is 2.57 bits per heavy atom. The summed E-state index contributed by atoms with van der Waals surface area (Å²) >= 11 is 0. The highest BCUT2D eigenvalue weighted by atomic mass is 19.3. The number of fused-ring (bicyclic) bond motifs is 1. The Balaban J connectivity index is 2.39. The summed E-state index contributed by atoms with van der Waals surface area (Å²) < 4.78 is 57.3. The van der Waals surface area contributed by atoms with Crippen LogP contribution in [0.5, 0.6) is 5.75 Å². The zero-order valence-electron chi connectivity index (χ0n) is 11.3. The maximum Gasteiger partial charge on any atom is 0.387 e. The number of benzene rings is 1. The molecule has 1 saturated carbocycles. The van der Waals surface area contributed by atoms with Crippen LogP contribution in [0.25, 0.3) is 10.9 Å². The van der Waals surface area contributed by atoms with Gasteiger partial charge in [-0.2, -0.15) is 8.78 Å². The number of hydrogen-bond acceptors (Lipinski definition) is 3. The fourth-order valence-corrected chi connectivity index (χ4v) is 2.46. The lowest BCUT2D eigenvalue weighted by Crippen LogP contribution is -2.20. The molecule has 2 aromatic rings. The summed E-state index contributed by atoms with van der Waals surface area (Å²) in [6.07, 6.45) is -0.414. The number of alkyl halides is 3. The third-order valence-corrected chi connectivity index (χ3v) is 3.54. The van der Waals surface area contributed by atoms with Crippen LogP contribution in [0.3, 0.4) is 0 Å². The molecule has 1 heterocycles. The number of nitrogens with zero attached hydrogens (tertiary/aromatic N) is 1. The van der Waals surface area contributed by atoms with E-state index in [2.05, 4.69) is 4.74 Å². The summed E-state index contributed by atoms with van der Waals surface area (Å²) in [7, 11) is 0. The third-order valence-electron chi connectivity index (χ3n) is 3.54. The van der Waals surface area contributed by atoms with E-state index in [1.807, 2.05) is 0 Å². The Morgan fingerprint density at radius 2 is 2.04 bits per heavy atom. The zero-order chi connectivity index (χ0) is 16.9. The average molecular weight is 331 g/mol. The van der Waals surface area contributed by atoms with Crippen molar-refractivity contribution >= 4 is 16.9 Å². The van der Waals surface area contributed by atoms with Gasteiger partial charge in [-0.15, -0.1) is 0 Å². The van der Waals surface area contributed by atoms with Crippen molar-refractivity contribution in [2.45, 2.75) is 25.2 Å². The summed E-state index contributed by atoms with van der Waals surface area (Å²) in [5, 5.41) is 8.59.